The van der Waals surface area contributed by atoms with Crippen LogP contribution in [0.4, 0.5) is 0 Å². The molecule has 3 atom stereocenters. The highest BCUT2D eigenvalue weighted by atomic mass is 35.5. The Morgan fingerprint density at radius 3 is 2.71 bits per heavy atom. The molecule has 24 heavy (non-hydrogen) atoms. The summed E-state index contributed by atoms with van der Waals surface area (Å²) in [5, 5.41) is -0.639. The molecule has 1 aromatic carbocycles. The van der Waals surface area contributed by atoms with Crippen molar-refractivity contribution in [3.63, 3.8) is 0 Å². The van der Waals surface area contributed by atoms with Gasteiger partial charge in [-0.15, -0.1) is 11.6 Å². The van der Waals surface area contributed by atoms with Crippen molar-refractivity contribution in [1.29, 1.82) is 0 Å². The number of hydrogen-bond acceptors (Lipinski definition) is 4. The van der Waals surface area contributed by atoms with Crippen LogP contribution in [-0.2, 0) is 9.59 Å². The van der Waals surface area contributed by atoms with Crippen molar-refractivity contribution in [1.82, 2.24) is 20.7 Å². The Bertz CT molecular complexity index is 639. The van der Waals surface area contributed by atoms with Gasteiger partial charge in [0.1, 0.15) is 5.38 Å². The number of piperazine rings is 1. The van der Waals surface area contributed by atoms with Gasteiger partial charge in [-0.2, -0.15) is 0 Å². The molecule has 2 aliphatic heterocycles. The van der Waals surface area contributed by atoms with Gasteiger partial charge in [0.15, 0.2) is 0 Å². The lowest BCUT2D eigenvalue weighted by Gasteiger charge is -2.43. The van der Waals surface area contributed by atoms with Gasteiger partial charge in [-0.3, -0.25) is 19.9 Å². The maximum Gasteiger partial charge on any atom is 0.253 e. The quantitative estimate of drug-likeness (QED) is 0.792. The molecule has 6 nitrogen and oxygen atoms in total. The van der Waals surface area contributed by atoms with Crippen LogP contribution in [0.15, 0.2) is 24.3 Å². The zero-order valence-corrected chi connectivity index (χ0v) is 14.7. The number of nitrogens with zero attached hydrogens (tertiary/aromatic N) is 2. The Labute approximate surface area is 147 Å². The molecule has 130 valence electrons. The number of halogens is 1. The number of carbonyl (C=O) groups excluding carboxylic acids is 2. The SMILES string of the molecule is Cc1ccccc1[C@H](C)N1CCN(C2CNNC(=O)C2Cl)CC1=O. The fraction of sp³-hybridized carbons (Fsp3) is 0.529. The van der Waals surface area contributed by atoms with Crippen molar-refractivity contribution >= 4 is 23.4 Å². The van der Waals surface area contributed by atoms with Crippen LogP contribution in [0.1, 0.15) is 24.1 Å². The standard InChI is InChI=1S/C17H23ClN4O2/c1-11-5-3-4-6-13(11)12(2)22-8-7-21(10-15(22)23)14-9-19-20-17(24)16(14)18/h3-6,12,14,16,19H,7-10H2,1-2H3,(H,20,24)/t12-,14?,16?/m0/s1. The number of nitrogens with one attached hydrogen (secondary N) is 2. The van der Waals surface area contributed by atoms with Crippen LogP contribution in [0, 0.1) is 6.92 Å². The highest BCUT2D eigenvalue weighted by Crippen LogP contribution is 2.26. The number of benzene rings is 1. The minimum absolute atomic E-state index is 0.0421. The first kappa shape index (κ1) is 17.2. The Morgan fingerprint density at radius 2 is 2.00 bits per heavy atom. The minimum atomic E-state index is -0.639. The molecule has 0 spiro atoms. The molecule has 7 heteroatoms. The van der Waals surface area contributed by atoms with Crippen LogP contribution in [0.5, 0.6) is 0 Å². The molecule has 0 aliphatic carbocycles. The summed E-state index contributed by atoms with van der Waals surface area (Å²) in [5.41, 5.74) is 7.73. The molecule has 0 saturated carbocycles. The van der Waals surface area contributed by atoms with Crippen LogP contribution in [0.25, 0.3) is 0 Å². The zero-order chi connectivity index (χ0) is 17.3. The van der Waals surface area contributed by atoms with Crippen molar-refractivity contribution in [3.05, 3.63) is 35.4 Å². The van der Waals surface area contributed by atoms with Crippen molar-refractivity contribution in [2.45, 2.75) is 31.3 Å². The van der Waals surface area contributed by atoms with Crippen molar-refractivity contribution in [3.8, 4) is 0 Å². The average molecular weight is 351 g/mol. The highest BCUT2D eigenvalue weighted by molar-refractivity contribution is 6.31. The molecule has 3 rings (SSSR count). The van der Waals surface area contributed by atoms with E-state index >= 15 is 0 Å². The number of hydrazine groups is 1. The van der Waals surface area contributed by atoms with E-state index in [2.05, 4.69) is 36.8 Å². The maximum absolute atomic E-state index is 12.7. The minimum Gasteiger partial charge on any atom is -0.334 e. The van der Waals surface area contributed by atoms with Gasteiger partial charge >= 0.3 is 0 Å². The van der Waals surface area contributed by atoms with E-state index in [1.54, 1.807) is 0 Å². The van der Waals surface area contributed by atoms with Gasteiger partial charge in [0.2, 0.25) is 5.91 Å². The monoisotopic (exact) mass is 350 g/mol. The first-order valence-corrected chi connectivity index (χ1v) is 8.68. The van der Waals surface area contributed by atoms with E-state index in [4.69, 9.17) is 11.6 Å². The molecular formula is C17H23ClN4O2. The molecule has 0 radical (unpaired) electrons. The van der Waals surface area contributed by atoms with Crippen molar-refractivity contribution < 1.29 is 9.59 Å². The van der Waals surface area contributed by atoms with Gasteiger partial charge in [-0.05, 0) is 25.0 Å². The molecule has 1 aromatic rings. The third kappa shape index (κ3) is 3.27. The molecule has 0 bridgehead atoms. The molecule has 2 heterocycles. The van der Waals surface area contributed by atoms with Crippen LogP contribution in [0.2, 0.25) is 0 Å². The van der Waals surface area contributed by atoms with Gasteiger partial charge in [-0.1, -0.05) is 24.3 Å². The summed E-state index contributed by atoms with van der Waals surface area (Å²) in [6.45, 7) is 6.31. The molecule has 2 aliphatic rings. The summed E-state index contributed by atoms with van der Waals surface area (Å²) in [4.78, 5) is 28.3. The summed E-state index contributed by atoms with van der Waals surface area (Å²) >= 11 is 6.21. The van der Waals surface area contributed by atoms with E-state index in [1.165, 1.54) is 11.1 Å². The predicted octanol–water partition coefficient (Wildman–Crippen LogP) is 0.811. The lowest BCUT2D eigenvalue weighted by Crippen LogP contribution is -2.65. The first-order chi connectivity index (χ1) is 11.5. The van der Waals surface area contributed by atoms with Gasteiger partial charge < -0.3 is 4.90 Å². The molecule has 2 fully saturated rings. The molecule has 2 N–H and O–H groups in total. The zero-order valence-electron chi connectivity index (χ0n) is 14.0. The first-order valence-electron chi connectivity index (χ1n) is 8.25. The fourth-order valence-electron chi connectivity index (χ4n) is 3.52. The number of aryl methyl sites for hydroxylation is 1. The average Bonchev–Trinajstić information content (AvgIpc) is 2.57. The van der Waals surface area contributed by atoms with Crippen molar-refractivity contribution in [2.75, 3.05) is 26.2 Å². The summed E-state index contributed by atoms with van der Waals surface area (Å²) in [5.74, 6) is -0.164. The topological polar surface area (TPSA) is 64.7 Å². The number of amides is 2. The Morgan fingerprint density at radius 1 is 1.25 bits per heavy atom. The molecule has 2 saturated heterocycles. The fourth-order valence-corrected chi connectivity index (χ4v) is 3.83. The maximum atomic E-state index is 12.7. The molecule has 2 unspecified atom stereocenters. The number of alkyl halides is 1. The molecular weight excluding hydrogens is 328 g/mol. The van der Waals surface area contributed by atoms with Crippen molar-refractivity contribution in [2.24, 2.45) is 0 Å². The van der Waals surface area contributed by atoms with E-state index in [1.807, 2.05) is 21.9 Å². The number of carbonyl (C=O) groups is 2. The number of hydrogen-bond donors (Lipinski definition) is 2. The lowest BCUT2D eigenvalue weighted by molar-refractivity contribution is -0.141. The van der Waals surface area contributed by atoms with Gasteiger partial charge in [0, 0.05) is 25.7 Å². The second-order valence-corrected chi connectivity index (χ2v) is 6.90. The highest BCUT2D eigenvalue weighted by Gasteiger charge is 2.38. The number of rotatable bonds is 3. The van der Waals surface area contributed by atoms with Gasteiger partial charge in [0.25, 0.3) is 5.91 Å². The van der Waals surface area contributed by atoms with E-state index in [0.29, 0.717) is 26.2 Å². The third-order valence-corrected chi connectivity index (χ3v) is 5.46. The summed E-state index contributed by atoms with van der Waals surface area (Å²) in [6.07, 6.45) is 0. The van der Waals surface area contributed by atoms with Crippen LogP contribution < -0.4 is 10.9 Å². The smallest absolute Gasteiger partial charge is 0.253 e. The van der Waals surface area contributed by atoms with E-state index in [9.17, 15) is 9.59 Å². The van der Waals surface area contributed by atoms with E-state index in [-0.39, 0.29) is 23.9 Å². The normalized spacial score (nSPS) is 27.0. The second-order valence-electron chi connectivity index (χ2n) is 6.43. The Hall–Kier alpha value is -1.63. The van der Waals surface area contributed by atoms with Crippen LogP contribution in [-0.4, -0.2) is 59.2 Å². The summed E-state index contributed by atoms with van der Waals surface area (Å²) < 4.78 is 0. The van der Waals surface area contributed by atoms with Crippen LogP contribution >= 0.6 is 11.6 Å². The molecule has 2 amide bonds. The van der Waals surface area contributed by atoms with E-state index in [0.717, 1.165) is 0 Å². The third-order valence-electron chi connectivity index (χ3n) is 4.97. The second kappa shape index (κ2) is 7.09. The Kier molecular flexibility index (Phi) is 5.08. The van der Waals surface area contributed by atoms with Gasteiger partial charge in [0.05, 0.1) is 12.6 Å². The lowest BCUT2D eigenvalue weighted by atomic mass is 10.00. The largest absolute Gasteiger partial charge is 0.334 e. The Balaban J connectivity index is 1.68. The van der Waals surface area contributed by atoms with Gasteiger partial charge in [-0.25, -0.2) is 5.43 Å². The summed E-state index contributed by atoms with van der Waals surface area (Å²) in [7, 11) is 0. The summed E-state index contributed by atoms with van der Waals surface area (Å²) in [6, 6.07) is 8.03. The van der Waals surface area contributed by atoms with E-state index < -0.39 is 5.38 Å². The van der Waals surface area contributed by atoms with Crippen LogP contribution in [0.3, 0.4) is 0 Å². The predicted molar refractivity (Wildman–Crippen MR) is 92.5 cm³/mol. The molecule has 0 aromatic heterocycles.